The number of hydrogen-bond acceptors (Lipinski definition) is 6. The molecule has 4 unspecified atom stereocenters. The van der Waals surface area contributed by atoms with Gasteiger partial charge in [0.15, 0.2) is 11.5 Å². The van der Waals surface area contributed by atoms with E-state index < -0.39 is 62.8 Å². The molecule has 0 saturated heterocycles. The average molecular weight is 443 g/mol. The van der Waals surface area contributed by atoms with Gasteiger partial charge < -0.3 is 15.3 Å². The Hall–Kier alpha value is -1.09. The van der Waals surface area contributed by atoms with Crippen molar-refractivity contribution in [1.29, 1.82) is 0 Å². The molecule has 2 fully saturated rings. The van der Waals surface area contributed by atoms with Crippen molar-refractivity contribution in [2.24, 2.45) is 28.6 Å². The molecule has 8 atom stereocenters. The molecule has 30 heavy (non-hydrogen) atoms. The van der Waals surface area contributed by atoms with E-state index in [2.05, 4.69) is 0 Å². The highest BCUT2D eigenvalue weighted by atomic mass is 32.2. The Balaban J connectivity index is 1.86. The van der Waals surface area contributed by atoms with E-state index in [0.717, 1.165) is 0 Å². The van der Waals surface area contributed by atoms with Crippen molar-refractivity contribution in [2.75, 3.05) is 5.94 Å². The molecule has 4 aliphatic carbocycles. The van der Waals surface area contributed by atoms with Gasteiger partial charge in [-0.2, -0.15) is 0 Å². The zero-order valence-corrected chi connectivity index (χ0v) is 18.1. The Morgan fingerprint density at radius 1 is 1.33 bits per heavy atom. The Kier molecular flexibility index (Phi) is 4.94. The smallest absolute Gasteiger partial charge is 0.223 e. The lowest BCUT2D eigenvalue weighted by Gasteiger charge is -2.62. The standard InChI is InChI=1S/C22H28F2O5S/c1-11-6-13-14-8-16(23)15-7-12(26)4-5-19(15,2)21(14,24)17(27)9-20(13,3)22(11,29)18(28)30-10-25/h4-5,11,13-14,17,25,27,29H,6-10H2,1-3H3/t11-,13?,14?,17+,19?,20?,21+,22+/m1/s1. The lowest BCUT2D eigenvalue weighted by molar-refractivity contribution is -0.213. The lowest BCUT2D eigenvalue weighted by Crippen LogP contribution is -2.69. The number of aliphatic hydroxyl groups excluding tert-OH is 2. The molecule has 5 nitrogen and oxygen atoms in total. The van der Waals surface area contributed by atoms with Crippen LogP contribution in [-0.2, 0) is 9.59 Å². The zero-order chi connectivity index (χ0) is 22.3. The van der Waals surface area contributed by atoms with Crippen molar-refractivity contribution in [2.45, 2.75) is 63.8 Å². The SMILES string of the molecule is C[C@@H]1CC2C3CC(F)=C4CC(=O)C=CC4(C)[C@@]3(F)[C@@H](O)CC2(C)[C@@]1(O)C(=O)SCO. The van der Waals surface area contributed by atoms with Gasteiger partial charge in [-0.1, -0.05) is 31.7 Å². The van der Waals surface area contributed by atoms with E-state index in [9.17, 15) is 24.9 Å². The van der Waals surface area contributed by atoms with Gasteiger partial charge in [0, 0.05) is 29.6 Å². The second-order valence-electron chi connectivity index (χ2n) is 9.85. The van der Waals surface area contributed by atoms with Crippen LogP contribution in [0, 0.1) is 28.6 Å². The third kappa shape index (κ3) is 2.39. The van der Waals surface area contributed by atoms with Crippen LogP contribution in [0.25, 0.3) is 0 Å². The van der Waals surface area contributed by atoms with Gasteiger partial charge in [0.25, 0.3) is 0 Å². The summed E-state index contributed by atoms with van der Waals surface area (Å²) >= 11 is 0.593. The minimum atomic E-state index is -2.22. The number of carbonyl (C=O) groups excluding carboxylic acids is 2. The van der Waals surface area contributed by atoms with E-state index in [-0.39, 0.29) is 30.6 Å². The fourth-order valence-electron chi connectivity index (χ4n) is 7.12. The Morgan fingerprint density at radius 3 is 2.63 bits per heavy atom. The van der Waals surface area contributed by atoms with E-state index >= 15 is 8.78 Å². The number of carbonyl (C=O) groups is 2. The van der Waals surface area contributed by atoms with E-state index in [4.69, 9.17) is 0 Å². The highest BCUT2D eigenvalue weighted by molar-refractivity contribution is 8.13. The zero-order valence-electron chi connectivity index (χ0n) is 17.3. The van der Waals surface area contributed by atoms with Crippen molar-refractivity contribution >= 4 is 22.7 Å². The molecule has 4 rings (SSSR count). The van der Waals surface area contributed by atoms with Crippen LogP contribution in [0.15, 0.2) is 23.6 Å². The highest BCUT2D eigenvalue weighted by Crippen LogP contribution is 2.71. The molecule has 0 aromatic rings. The number of rotatable bonds is 2. The molecule has 8 heteroatoms. The molecular weight excluding hydrogens is 414 g/mol. The monoisotopic (exact) mass is 442 g/mol. The maximum atomic E-state index is 16.9. The van der Waals surface area contributed by atoms with Gasteiger partial charge in [0.05, 0.1) is 12.0 Å². The molecule has 0 radical (unpaired) electrons. The summed E-state index contributed by atoms with van der Waals surface area (Å²) < 4.78 is 32.2. The molecule has 0 aliphatic heterocycles. The molecule has 0 aromatic carbocycles. The van der Waals surface area contributed by atoms with E-state index in [0.29, 0.717) is 18.2 Å². The maximum absolute atomic E-state index is 16.9. The maximum Gasteiger partial charge on any atom is 0.223 e. The summed E-state index contributed by atoms with van der Waals surface area (Å²) in [5.41, 5.74) is -6.65. The Morgan fingerprint density at radius 2 is 2.00 bits per heavy atom. The number of aliphatic hydroxyl groups is 3. The first-order valence-corrected chi connectivity index (χ1v) is 11.3. The van der Waals surface area contributed by atoms with Crippen LogP contribution in [0.2, 0.25) is 0 Å². The summed E-state index contributed by atoms with van der Waals surface area (Å²) in [5, 5.41) is 31.3. The molecule has 0 heterocycles. The first-order valence-electron chi connectivity index (χ1n) is 10.4. The largest absolute Gasteiger partial charge is 0.390 e. The van der Waals surface area contributed by atoms with Crippen molar-refractivity contribution in [1.82, 2.24) is 0 Å². The van der Waals surface area contributed by atoms with Crippen LogP contribution in [0.5, 0.6) is 0 Å². The third-order valence-corrected chi connectivity index (χ3v) is 9.45. The fraction of sp³-hybridized carbons (Fsp3) is 0.727. The summed E-state index contributed by atoms with van der Waals surface area (Å²) in [6, 6.07) is 0. The fourth-order valence-corrected chi connectivity index (χ4v) is 7.89. The van der Waals surface area contributed by atoms with Crippen LogP contribution in [0.3, 0.4) is 0 Å². The molecule has 3 N–H and O–H groups in total. The number of halogens is 2. The van der Waals surface area contributed by atoms with Gasteiger partial charge in [0.2, 0.25) is 5.12 Å². The molecule has 0 aromatic heterocycles. The van der Waals surface area contributed by atoms with Gasteiger partial charge in [-0.3, -0.25) is 9.59 Å². The normalized spacial score (nSPS) is 50.2. The number of allylic oxidation sites excluding steroid dienone is 4. The van der Waals surface area contributed by atoms with Gasteiger partial charge in [0.1, 0.15) is 11.4 Å². The molecule has 2 saturated carbocycles. The molecule has 0 amide bonds. The predicted molar refractivity (Wildman–Crippen MR) is 108 cm³/mol. The first kappa shape index (κ1) is 22.1. The topological polar surface area (TPSA) is 94.8 Å². The highest BCUT2D eigenvalue weighted by Gasteiger charge is 2.76. The van der Waals surface area contributed by atoms with Crippen LogP contribution in [0.1, 0.15) is 46.5 Å². The molecule has 4 aliphatic rings. The summed E-state index contributed by atoms with van der Waals surface area (Å²) in [6.07, 6.45) is 0.726. The van der Waals surface area contributed by atoms with Gasteiger partial charge >= 0.3 is 0 Å². The average Bonchev–Trinajstić information content (AvgIpc) is 2.88. The minimum absolute atomic E-state index is 0.0876. The van der Waals surface area contributed by atoms with E-state index in [1.807, 2.05) is 0 Å². The minimum Gasteiger partial charge on any atom is -0.390 e. The summed E-state index contributed by atoms with van der Waals surface area (Å²) in [5.74, 6) is -3.39. The summed E-state index contributed by atoms with van der Waals surface area (Å²) in [6.45, 7) is 4.90. The Labute approximate surface area is 178 Å². The quantitative estimate of drug-likeness (QED) is 0.570. The van der Waals surface area contributed by atoms with Crippen LogP contribution in [0.4, 0.5) is 8.78 Å². The predicted octanol–water partition coefficient (Wildman–Crippen LogP) is 2.84. The first-order chi connectivity index (χ1) is 13.9. The molecule has 0 bridgehead atoms. The van der Waals surface area contributed by atoms with Crippen LogP contribution in [-0.4, -0.2) is 49.5 Å². The second-order valence-corrected chi connectivity index (χ2v) is 10.8. The number of ketones is 1. The second kappa shape index (κ2) is 6.70. The molecular formula is C22H28F2O5S. The number of fused-ring (bicyclic) bond motifs is 5. The van der Waals surface area contributed by atoms with E-state index in [1.54, 1.807) is 13.8 Å². The number of hydrogen-bond donors (Lipinski definition) is 3. The van der Waals surface area contributed by atoms with Crippen LogP contribution < -0.4 is 0 Å². The van der Waals surface area contributed by atoms with Crippen molar-refractivity contribution in [3.8, 4) is 0 Å². The molecule has 166 valence electrons. The number of alkyl halides is 1. The van der Waals surface area contributed by atoms with Gasteiger partial charge in [-0.05, 0) is 43.3 Å². The van der Waals surface area contributed by atoms with Crippen molar-refractivity contribution in [3.05, 3.63) is 23.6 Å². The van der Waals surface area contributed by atoms with Gasteiger partial charge in [-0.15, -0.1) is 0 Å². The number of thioether (sulfide) groups is 1. The Bertz CT molecular complexity index is 874. The lowest BCUT2D eigenvalue weighted by atomic mass is 9.45. The molecule has 0 spiro atoms. The van der Waals surface area contributed by atoms with Gasteiger partial charge in [-0.25, -0.2) is 8.78 Å². The summed E-state index contributed by atoms with van der Waals surface area (Å²) in [7, 11) is 0. The third-order valence-electron chi connectivity index (χ3n) is 8.75. The van der Waals surface area contributed by atoms with Crippen molar-refractivity contribution in [3.63, 3.8) is 0 Å². The van der Waals surface area contributed by atoms with E-state index in [1.165, 1.54) is 19.1 Å². The summed E-state index contributed by atoms with van der Waals surface area (Å²) in [4.78, 5) is 24.7. The van der Waals surface area contributed by atoms with Crippen molar-refractivity contribution < 1.29 is 33.7 Å². The van der Waals surface area contributed by atoms with Crippen LogP contribution >= 0.6 is 11.8 Å².